The molecule has 0 unspecified atom stereocenters. The molecule has 0 amide bonds. The summed E-state index contributed by atoms with van der Waals surface area (Å²) in [5.74, 6) is 0. The first-order valence-corrected chi connectivity index (χ1v) is 15.6. The molecule has 4 aromatic heterocycles. The first kappa shape index (κ1) is 21.2. The van der Waals surface area contributed by atoms with Crippen molar-refractivity contribution in [1.29, 1.82) is 0 Å². The molecule has 0 bridgehead atoms. The molecule has 0 saturated carbocycles. The number of aryl methyl sites for hydroxylation is 2. The zero-order chi connectivity index (χ0) is 21.6. The lowest BCUT2D eigenvalue weighted by molar-refractivity contribution is 0.591. The van der Waals surface area contributed by atoms with E-state index < -0.39 is 19.7 Å². The Balaban J connectivity index is 0.000000128. The largest absolute Gasteiger partial charge is 0.244 e. The van der Waals surface area contributed by atoms with Crippen LogP contribution in [0.5, 0.6) is 0 Å². The third kappa shape index (κ3) is 3.02. The van der Waals surface area contributed by atoms with Gasteiger partial charge in [0.05, 0.1) is 29.5 Å². The van der Waals surface area contributed by atoms with Gasteiger partial charge in [0.15, 0.2) is 27.9 Å². The minimum atomic E-state index is -3.48. The summed E-state index contributed by atoms with van der Waals surface area (Å²) < 4.78 is 49.0. The second-order valence-electron chi connectivity index (χ2n) is 5.94. The molecule has 0 fully saturated rings. The Labute approximate surface area is 203 Å². The van der Waals surface area contributed by atoms with Crippen molar-refractivity contribution in [3.8, 4) is 19.5 Å². The van der Waals surface area contributed by atoms with Crippen molar-refractivity contribution >= 4 is 96.9 Å². The number of hydrogen-bond donors (Lipinski definition) is 0. The number of sulfone groups is 2. The topological polar surface area (TPSA) is 120 Å². The Kier molecular flexibility index (Phi) is 4.91. The maximum atomic E-state index is 12.0. The van der Waals surface area contributed by atoms with Gasteiger partial charge in [0.1, 0.15) is 0 Å². The molecule has 0 saturated heterocycles. The van der Waals surface area contributed by atoms with Crippen molar-refractivity contribution in [2.45, 2.75) is 34.0 Å². The highest BCUT2D eigenvalue weighted by atomic mass is 79.9. The van der Waals surface area contributed by atoms with Crippen molar-refractivity contribution in [3.05, 3.63) is 17.8 Å². The van der Waals surface area contributed by atoms with E-state index in [0.717, 1.165) is 19.8 Å². The van der Waals surface area contributed by atoms with Crippen molar-refractivity contribution in [3.63, 3.8) is 0 Å². The van der Waals surface area contributed by atoms with Crippen LogP contribution >= 0.6 is 77.2 Å². The fourth-order valence-corrected chi connectivity index (χ4v) is 12.7. The highest BCUT2D eigenvalue weighted by molar-refractivity contribution is 9.11. The van der Waals surface area contributed by atoms with E-state index in [9.17, 15) is 16.8 Å². The molecule has 0 atom stereocenters. The van der Waals surface area contributed by atoms with E-state index >= 15 is 0 Å². The molecule has 0 aromatic carbocycles. The van der Waals surface area contributed by atoms with Crippen LogP contribution in [0.2, 0.25) is 0 Å². The van der Waals surface area contributed by atoms with Crippen LogP contribution in [0, 0.1) is 13.8 Å². The number of hydrogen-bond acceptors (Lipinski definition) is 12. The van der Waals surface area contributed by atoms with Gasteiger partial charge in [-0.15, -0.1) is 45.3 Å². The highest BCUT2D eigenvalue weighted by Crippen LogP contribution is 2.50. The average molecular weight is 646 g/mol. The summed E-state index contributed by atoms with van der Waals surface area (Å²) in [6.07, 6.45) is 0. The van der Waals surface area contributed by atoms with Gasteiger partial charge in [0, 0.05) is 0 Å². The van der Waals surface area contributed by atoms with Crippen molar-refractivity contribution in [2.75, 3.05) is 0 Å². The maximum absolute atomic E-state index is 12.0. The molecule has 156 valence electrons. The van der Waals surface area contributed by atoms with Gasteiger partial charge >= 0.3 is 0 Å². The van der Waals surface area contributed by atoms with Crippen LogP contribution in [-0.2, 0) is 19.7 Å². The first-order valence-electron chi connectivity index (χ1n) is 7.78. The SMILES string of the molecule is Cc1nc2c(s1)-c1sc(C)nc1S2(=O)=O.O=S1(=O)c2nc(Br)sc2-c2sc(Br)nc21. The Morgan fingerprint density at radius 1 is 0.567 bits per heavy atom. The van der Waals surface area contributed by atoms with Crippen molar-refractivity contribution in [1.82, 2.24) is 19.9 Å². The molecule has 30 heavy (non-hydrogen) atoms. The summed E-state index contributed by atoms with van der Waals surface area (Å²) in [6, 6.07) is 0. The molecule has 0 radical (unpaired) electrons. The monoisotopic (exact) mass is 644 g/mol. The lowest BCUT2D eigenvalue weighted by Crippen LogP contribution is -1.99. The molecule has 0 N–H and O–H groups in total. The normalized spacial score (nSPS) is 16.4. The average Bonchev–Trinajstić information content (AvgIpc) is 3.43. The fourth-order valence-electron chi connectivity index (χ4n) is 2.86. The van der Waals surface area contributed by atoms with E-state index in [1.165, 1.54) is 45.3 Å². The Hall–Kier alpha value is -0.620. The van der Waals surface area contributed by atoms with E-state index in [1.807, 2.05) is 13.8 Å². The Morgan fingerprint density at radius 3 is 1.23 bits per heavy atom. The standard InChI is InChI=1S/C8H6N2O2S3.C6Br2N2O2S3/c1-3-9-7-5(13-3)6-8(15(7,11)12)10-4(2)14-6;7-5-9-3-1(13-5)2-4(15(3,11)12)10-6(8)14-2/h1-2H3;. The molecule has 6 heterocycles. The lowest BCUT2D eigenvalue weighted by atomic mass is 10.5. The van der Waals surface area contributed by atoms with Gasteiger partial charge in [-0.25, -0.2) is 36.8 Å². The van der Waals surface area contributed by atoms with Crippen LogP contribution in [0.1, 0.15) is 10.0 Å². The van der Waals surface area contributed by atoms with Crippen molar-refractivity contribution in [2.24, 2.45) is 0 Å². The number of thiazole rings is 4. The highest BCUT2D eigenvalue weighted by Gasteiger charge is 2.41. The third-order valence-electron chi connectivity index (χ3n) is 3.98. The molecule has 2 aliphatic rings. The molecule has 4 aromatic rings. The minimum absolute atomic E-state index is 0.126. The summed E-state index contributed by atoms with van der Waals surface area (Å²) in [5.41, 5.74) is 0. The van der Waals surface area contributed by atoms with Gasteiger partial charge in [-0.05, 0) is 45.7 Å². The zero-order valence-corrected chi connectivity index (χ0v) is 22.7. The Morgan fingerprint density at radius 2 is 0.867 bits per heavy atom. The minimum Gasteiger partial charge on any atom is -0.229 e. The van der Waals surface area contributed by atoms with Gasteiger partial charge < -0.3 is 0 Å². The lowest BCUT2D eigenvalue weighted by Gasteiger charge is -1.89. The van der Waals surface area contributed by atoms with E-state index in [-0.39, 0.29) is 20.1 Å². The maximum Gasteiger partial charge on any atom is 0.244 e. The third-order valence-corrected chi connectivity index (χ3v) is 13.0. The van der Waals surface area contributed by atoms with Gasteiger partial charge in [0.25, 0.3) is 0 Å². The van der Waals surface area contributed by atoms with Crippen LogP contribution in [0.25, 0.3) is 19.5 Å². The number of fused-ring (bicyclic) bond motifs is 6. The van der Waals surface area contributed by atoms with Crippen LogP contribution in [-0.4, -0.2) is 36.8 Å². The number of rotatable bonds is 0. The predicted octanol–water partition coefficient (Wildman–Crippen LogP) is 4.97. The van der Waals surface area contributed by atoms with Crippen LogP contribution < -0.4 is 0 Å². The molecule has 8 nitrogen and oxygen atoms in total. The molecule has 0 aliphatic carbocycles. The summed E-state index contributed by atoms with van der Waals surface area (Å²) in [6.45, 7) is 3.62. The summed E-state index contributed by atoms with van der Waals surface area (Å²) >= 11 is 11.8. The second-order valence-corrected chi connectivity index (χ2v) is 16.5. The summed E-state index contributed by atoms with van der Waals surface area (Å²) in [7, 11) is -6.91. The van der Waals surface area contributed by atoms with Gasteiger partial charge in [-0.3, -0.25) is 0 Å². The molecule has 0 spiro atoms. The Bertz CT molecular complexity index is 1350. The van der Waals surface area contributed by atoms with E-state index in [2.05, 4.69) is 51.8 Å². The molecule has 6 rings (SSSR count). The van der Waals surface area contributed by atoms with E-state index in [4.69, 9.17) is 0 Å². The zero-order valence-electron chi connectivity index (χ0n) is 14.6. The summed E-state index contributed by atoms with van der Waals surface area (Å²) in [4.78, 5) is 18.9. The summed E-state index contributed by atoms with van der Waals surface area (Å²) in [5, 5.41) is 2.19. The molecule has 16 heteroatoms. The number of aromatic nitrogens is 4. The second kappa shape index (κ2) is 6.94. The smallest absolute Gasteiger partial charge is 0.229 e. The van der Waals surface area contributed by atoms with Gasteiger partial charge in [-0.2, -0.15) is 0 Å². The quantitative estimate of drug-likeness (QED) is 0.227. The van der Waals surface area contributed by atoms with Crippen molar-refractivity contribution < 1.29 is 16.8 Å². The van der Waals surface area contributed by atoms with Gasteiger partial charge in [0.2, 0.25) is 19.7 Å². The molecule has 2 aliphatic heterocycles. The molecular formula is C14H6Br2N4O4S6. The van der Waals surface area contributed by atoms with E-state index in [1.54, 1.807) is 0 Å². The van der Waals surface area contributed by atoms with Crippen LogP contribution in [0.3, 0.4) is 0 Å². The predicted molar refractivity (Wildman–Crippen MR) is 122 cm³/mol. The van der Waals surface area contributed by atoms with Crippen LogP contribution in [0.4, 0.5) is 0 Å². The number of halogens is 2. The number of nitrogens with zero attached hydrogens (tertiary/aromatic N) is 4. The first-order chi connectivity index (χ1) is 14.0. The van der Waals surface area contributed by atoms with Gasteiger partial charge in [-0.1, -0.05) is 0 Å². The van der Waals surface area contributed by atoms with Crippen LogP contribution in [0.15, 0.2) is 27.9 Å². The van der Waals surface area contributed by atoms with E-state index in [0.29, 0.717) is 17.6 Å². The fraction of sp³-hybridized carbons (Fsp3) is 0.143. The molecular weight excluding hydrogens is 640 g/mol.